The zero-order chi connectivity index (χ0) is 22.3. The summed E-state index contributed by atoms with van der Waals surface area (Å²) in [6, 6.07) is 4.45. The first kappa shape index (κ1) is 24.3. The minimum atomic E-state index is -1.34. The van der Waals surface area contributed by atoms with E-state index in [0.717, 1.165) is 19.3 Å². The van der Waals surface area contributed by atoms with E-state index in [1.54, 1.807) is 6.29 Å². The average Bonchev–Trinajstić information content (AvgIpc) is 2.71. The molecule has 1 aromatic carbocycles. The van der Waals surface area contributed by atoms with Gasteiger partial charge in [0.2, 0.25) is 6.29 Å². The first-order valence-electron chi connectivity index (χ1n) is 10.5. The second kappa shape index (κ2) is 11.4. The number of aldehydes is 1. The summed E-state index contributed by atoms with van der Waals surface area (Å²) in [6.07, 6.45) is 1.19. The topological polar surface area (TPSA) is 102 Å². The lowest BCUT2D eigenvalue weighted by Gasteiger charge is -2.38. The van der Waals surface area contributed by atoms with E-state index >= 15 is 0 Å². The smallest absolute Gasteiger partial charge is 0.245 e. The molecular weight excluding hydrogens is 388 g/mol. The summed E-state index contributed by atoms with van der Waals surface area (Å²) >= 11 is 0. The molecule has 7 heteroatoms. The minimum absolute atomic E-state index is 0.0912. The van der Waals surface area contributed by atoms with E-state index in [-0.39, 0.29) is 24.0 Å². The maximum Gasteiger partial charge on any atom is 0.245 e. The molecule has 167 valence electrons. The number of benzene rings is 1. The summed E-state index contributed by atoms with van der Waals surface area (Å²) in [5.41, 5.74) is 0.386. The predicted molar refractivity (Wildman–Crippen MR) is 111 cm³/mol. The number of carbonyl (C=O) groups is 1. The Morgan fingerprint density at radius 3 is 2.57 bits per heavy atom. The highest BCUT2D eigenvalue weighted by molar-refractivity contribution is 5.76. The third kappa shape index (κ3) is 6.52. The van der Waals surface area contributed by atoms with E-state index < -0.39 is 18.5 Å². The van der Waals surface area contributed by atoms with Gasteiger partial charge in [0, 0.05) is 12.0 Å². The van der Waals surface area contributed by atoms with Gasteiger partial charge in [-0.2, -0.15) is 0 Å². The first-order chi connectivity index (χ1) is 14.3. The Labute approximate surface area is 178 Å². The van der Waals surface area contributed by atoms with Crippen LogP contribution in [-0.2, 0) is 9.53 Å². The summed E-state index contributed by atoms with van der Waals surface area (Å²) < 4.78 is 16.6. The molecule has 0 heterocycles. The third-order valence-electron chi connectivity index (χ3n) is 5.78. The van der Waals surface area contributed by atoms with Crippen LogP contribution in [0.1, 0.15) is 56.8 Å². The van der Waals surface area contributed by atoms with Crippen LogP contribution in [-0.4, -0.2) is 54.5 Å². The fraction of sp³-hybridized carbons (Fsp3) is 0.652. The van der Waals surface area contributed by atoms with Crippen molar-refractivity contribution in [2.24, 2.45) is 17.8 Å². The summed E-state index contributed by atoms with van der Waals surface area (Å²) in [6.45, 7) is 6.46. The zero-order valence-electron chi connectivity index (χ0n) is 18.1. The summed E-state index contributed by atoms with van der Waals surface area (Å²) in [5, 5.41) is 20.8. The van der Waals surface area contributed by atoms with E-state index in [9.17, 15) is 19.8 Å². The van der Waals surface area contributed by atoms with Crippen molar-refractivity contribution < 1.29 is 34.0 Å². The number of carbonyl (C=O) groups excluding carboxylic acids is 2. The number of ether oxygens (including phenoxy) is 3. The zero-order valence-corrected chi connectivity index (χ0v) is 18.1. The molecule has 0 saturated heterocycles. The number of aliphatic hydroxyl groups is 2. The average molecular weight is 422 g/mol. The van der Waals surface area contributed by atoms with Crippen molar-refractivity contribution >= 4 is 12.6 Å². The van der Waals surface area contributed by atoms with E-state index in [2.05, 4.69) is 20.8 Å². The Morgan fingerprint density at radius 2 is 1.97 bits per heavy atom. The van der Waals surface area contributed by atoms with Gasteiger partial charge in [0.05, 0.1) is 13.2 Å². The number of aliphatic hydroxyl groups excluding tert-OH is 2. The van der Waals surface area contributed by atoms with Gasteiger partial charge >= 0.3 is 0 Å². The summed E-state index contributed by atoms with van der Waals surface area (Å²) in [7, 11) is 1.40. The van der Waals surface area contributed by atoms with E-state index in [0.29, 0.717) is 29.6 Å². The molecule has 0 spiro atoms. The van der Waals surface area contributed by atoms with Crippen LogP contribution in [0.2, 0.25) is 0 Å². The molecule has 0 amide bonds. The maximum atomic E-state index is 11.4. The van der Waals surface area contributed by atoms with Crippen molar-refractivity contribution in [3.8, 4) is 11.5 Å². The van der Waals surface area contributed by atoms with Crippen molar-refractivity contribution in [2.45, 2.75) is 71.1 Å². The van der Waals surface area contributed by atoms with Gasteiger partial charge in [-0.15, -0.1) is 0 Å². The van der Waals surface area contributed by atoms with Gasteiger partial charge < -0.3 is 24.4 Å². The van der Waals surface area contributed by atoms with Gasteiger partial charge in [-0.3, -0.25) is 9.59 Å². The SMILES string of the molecule is COc1cc(C=O)ccc1OC([C]=O)C(O)CC(O)OC1CC(C)CCC1C(C)C. The normalized spacial score (nSPS) is 24.7. The molecule has 6 unspecified atom stereocenters. The van der Waals surface area contributed by atoms with Crippen LogP contribution < -0.4 is 9.47 Å². The second-order valence-electron chi connectivity index (χ2n) is 8.44. The molecule has 30 heavy (non-hydrogen) atoms. The van der Waals surface area contributed by atoms with Crippen LogP contribution in [0.5, 0.6) is 11.5 Å². The lowest BCUT2D eigenvalue weighted by Crippen LogP contribution is -2.40. The molecule has 0 bridgehead atoms. The molecule has 1 radical (unpaired) electrons. The van der Waals surface area contributed by atoms with E-state index in [1.807, 2.05) is 0 Å². The highest BCUT2D eigenvalue weighted by Gasteiger charge is 2.34. The lowest BCUT2D eigenvalue weighted by molar-refractivity contribution is -0.183. The van der Waals surface area contributed by atoms with Crippen LogP contribution in [0.4, 0.5) is 0 Å². The minimum Gasteiger partial charge on any atom is -0.493 e. The Morgan fingerprint density at radius 1 is 1.23 bits per heavy atom. The Bertz CT molecular complexity index is 690. The van der Waals surface area contributed by atoms with Gasteiger partial charge in [0.25, 0.3) is 0 Å². The number of hydrogen-bond donors (Lipinski definition) is 2. The van der Waals surface area contributed by atoms with Crippen LogP contribution in [0, 0.1) is 17.8 Å². The molecule has 1 aliphatic rings. The highest BCUT2D eigenvalue weighted by Crippen LogP contribution is 2.36. The number of methoxy groups -OCH3 is 1. The molecular formula is C23H33O7. The van der Waals surface area contributed by atoms with Gasteiger partial charge in [0.1, 0.15) is 12.4 Å². The van der Waals surface area contributed by atoms with Crippen LogP contribution >= 0.6 is 0 Å². The number of rotatable bonds is 11. The largest absolute Gasteiger partial charge is 0.493 e. The second-order valence-corrected chi connectivity index (χ2v) is 8.44. The molecule has 1 fully saturated rings. The monoisotopic (exact) mass is 421 g/mol. The quantitative estimate of drug-likeness (QED) is 0.418. The Kier molecular flexibility index (Phi) is 9.27. The van der Waals surface area contributed by atoms with E-state index in [4.69, 9.17) is 14.2 Å². The molecule has 0 aliphatic heterocycles. The van der Waals surface area contributed by atoms with Crippen molar-refractivity contribution in [1.29, 1.82) is 0 Å². The standard InChI is InChI=1S/C23H33O7/c1-14(2)17-7-5-15(3)9-20(17)30-23(27)11-18(26)22(13-25)29-19-8-6-16(12-24)10-21(19)28-4/h6,8,10,12,14-15,17-18,20,22-23,26-27H,5,7,9,11H2,1-4H3. The molecule has 1 aromatic rings. The fourth-order valence-electron chi connectivity index (χ4n) is 4.03. The molecule has 7 nitrogen and oxygen atoms in total. The Hall–Kier alpha value is -1.96. The molecule has 2 rings (SSSR count). The third-order valence-corrected chi connectivity index (χ3v) is 5.78. The molecule has 1 aliphatic carbocycles. The van der Waals surface area contributed by atoms with Crippen LogP contribution in [0.25, 0.3) is 0 Å². The fourth-order valence-corrected chi connectivity index (χ4v) is 4.03. The molecule has 0 aromatic heterocycles. The van der Waals surface area contributed by atoms with Gasteiger partial charge in [-0.05, 0) is 48.8 Å². The summed E-state index contributed by atoms with van der Waals surface area (Å²) in [5.74, 6) is 1.73. The van der Waals surface area contributed by atoms with Crippen molar-refractivity contribution in [3.05, 3.63) is 23.8 Å². The van der Waals surface area contributed by atoms with Gasteiger partial charge in [-0.1, -0.05) is 27.2 Å². The van der Waals surface area contributed by atoms with Crippen LogP contribution in [0.15, 0.2) is 18.2 Å². The predicted octanol–water partition coefficient (Wildman–Crippen LogP) is 2.91. The maximum absolute atomic E-state index is 11.4. The number of hydrogen-bond acceptors (Lipinski definition) is 7. The summed E-state index contributed by atoms with van der Waals surface area (Å²) in [4.78, 5) is 22.3. The van der Waals surface area contributed by atoms with Crippen molar-refractivity contribution in [3.63, 3.8) is 0 Å². The van der Waals surface area contributed by atoms with Crippen LogP contribution in [0.3, 0.4) is 0 Å². The van der Waals surface area contributed by atoms with E-state index in [1.165, 1.54) is 25.3 Å². The molecule has 1 saturated carbocycles. The van der Waals surface area contributed by atoms with Gasteiger partial charge in [-0.25, -0.2) is 0 Å². The van der Waals surface area contributed by atoms with Crippen molar-refractivity contribution in [2.75, 3.05) is 7.11 Å². The van der Waals surface area contributed by atoms with Gasteiger partial charge in [0.15, 0.2) is 23.9 Å². The highest BCUT2D eigenvalue weighted by atomic mass is 16.6. The lowest BCUT2D eigenvalue weighted by atomic mass is 9.75. The van der Waals surface area contributed by atoms with Crippen molar-refractivity contribution in [1.82, 2.24) is 0 Å². The first-order valence-corrected chi connectivity index (χ1v) is 10.5. The molecule has 2 N–H and O–H groups in total. The Balaban J connectivity index is 1.99. The molecule has 6 atom stereocenters.